The molecule has 5 heteroatoms. The monoisotopic (exact) mass is 194 g/mol. The minimum Gasteiger partial charge on any atom is -0.442 e. The highest BCUT2D eigenvalue weighted by molar-refractivity contribution is 5.81. The molecule has 1 aliphatic rings. The molecule has 74 valence electrons. The van der Waals surface area contributed by atoms with Gasteiger partial charge in [0.2, 0.25) is 0 Å². The molecule has 1 heterocycles. The van der Waals surface area contributed by atoms with E-state index in [2.05, 4.69) is 5.32 Å². The van der Waals surface area contributed by atoms with Crippen molar-refractivity contribution in [3.05, 3.63) is 18.2 Å². The molecule has 0 saturated heterocycles. The number of nitrogens with two attached hydrogens (primary N) is 1. The molecular weight excluding hydrogens is 184 g/mol. The zero-order valence-electron chi connectivity index (χ0n) is 7.61. The number of anilines is 1. The van der Waals surface area contributed by atoms with Crippen LogP contribution in [0.4, 0.5) is 5.69 Å². The van der Waals surface area contributed by atoms with E-state index in [-0.39, 0.29) is 5.91 Å². The number of amides is 1. The lowest BCUT2D eigenvalue weighted by Crippen LogP contribution is -2.37. The van der Waals surface area contributed by atoms with Crippen molar-refractivity contribution in [2.75, 3.05) is 12.8 Å². The first-order valence-corrected chi connectivity index (χ1v) is 4.15. The van der Waals surface area contributed by atoms with E-state index in [4.69, 9.17) is 15.2 Å². The highest BCUT2D eigenvalue weighted by Gasteiger charge is 2.29. The van der Waals surface area contributed by atoms with E-state index < -0.39 is 6.29 Å². The lowest BCUT2D eigenvalue weighted by atomic mass is 10.3. The average Bonchev–Trinajstić information content (AvgIpc) is 2.59. The van der Waals surface area contributed by atoms with Gasteiger partial charge < -0.3 is 20.5 Å². The summed E-state index contributed by atoms with van der Waals surface area (Å²) >= 11 is 0. The van der Waals surface area contributed by atoms with Gasteiger partial charge in [-0.3, -0.25) is 4.79 Å². The molecule has 0 aliphatic carbocycles. The zero-order valence-corrected chi connectivity index (χ0v) is 7.61. The number of benzene rings is 1. The Morgan fingerprint density at radius 3 is 2.86 bits per heavy atom. The molecule has 1 unspecified atom stereocenters. The molecule has 14 heavy (non-hydrogen) atoms. The van der Waals surface area contributed by atoms with E-state index in [1.807, 2.05) is 0 Å². The molecule has 0 radical (unpaired) electrons. The van der Waals surface area contributed by atoms with Crippen molar-refractivity contribution in [1.82, 2.24) is 5.32 Å². The number of carbonyl (C=O) groups is 1. The summed E-state index contributed by atoms with van der Waals surface area (Å²) in [6, 6.07) is 4.99. The van der Waals surface area contributed by atoms with Gasteiger partial charge in [-0.05, 0) is 12.1 Å². The molecule has 5 nitrogen and oxygen atoms in total. The van der Waals surface area contributed by atoms with Gasteiger partial charge in [0.15, 0.2) is 11.5 Å². The van der Waals surface area contributed by atoms with E-state index in [9.17, 15) is 4.79 Å². The molecule has 0 aromatic heterocycles. The normalized spacial score (nSPS) is 17.9. The van der Waals surface area contributed by atoms with Crippen LogP contribution in [0, 0.1) is 0 Å². The summed E-state index contributed by atoms with van der Waals surface area (Å²) in [5.74, 6) is 0.714. The van der Waals surface area contributed by atoms with E-state index in [1.54, 1.807) is 18.2 Å². The number of rotatable bonds is 1. The summed E-state index contributed by atoms with van der Waals surface area (Å²) in [5.41, 5.74) is 6.12. The van der Waals surface area contributed by atoms with Crippen LogP contribution in [-0.2, 0) is 4.79 Å². The quantitative estimate of drug-likeness (QED) is 0.622. The largest absolute Gasteiger partial charge is 0.442 e. The van der Waals surface area contributed by atoms with Crippen LogP contribution in [0.1, 0.15) is 0 Å². The highest BCUT2D eigenvalue weighted by atomic mass is 16.7. The second-order valence-electron chi connectivity index (χ2n) is 2.89. The summed E-state index contributed by atoms with van der Waals surface area (Å²) in [4.78, 5) is 11.2. The fourth-order valence-corrected chi connectivity index (χ4v) is 1.19. The van der Waals surface area contributed by atoms with Gasteiger partial charge in [-0.15, -0.1) is 0 Å². The van der Waals surface area contributed by atoms with Gasteiger partial charge in [-0.1, -0.05) is 0 Å². The number of fused-ring (bicyclic) bond motifs is 1. The number of nitrogens with one attached hydrogen (secondary N) is 1. The van der Waals surface area contributed by atoms with Crippen molar-refractivity contribution in [3.8, 4) is 11.5 Å². The number of likely N-dealkylation sites (N-methyl/N-ethyl adjacent to an activating group) is 1. The predicted molar refractivity (Wildman–Crippen MR) is 50.0 cm³/mol. The van der Waals surface area contributed by atoms with Gasteiger partial charge in [-0.2, -0.15) is 0 Å². The topological polar surface area (TPSA) is 73.6 Å². The van der Waals surface area contributed by atoms with Crippen LogP contribution in [0.15, 0.2) is 18.2 Å². The molecule has 1 atom stereocenters. The fraction of sp³-hybridized carbons (Fsp3) is 0.222. The van der Waals surface area contributed by atoms with Crippen LogP contribution < -0.4 is 20.5 Å². The molecule has 0 fully saturated rings. The first-order chi connectivity index (χ1) is 6.70. The van der Waals surface area contributed by atoms with Gasteiger partial charge >= 0.3 is 12.2 Å². The minimum absolute atomic E-state index is 0.320. The standard InChI is InChI=1S/C9H10N2O3/c1-11-8(12)9-13-6-3-2-5(10)4-7(6)14-9/h2-4,9H,10H2,1H3,(H,11,12). The Hall–Kier alpha value is -1.91. The van der Waals surface area contributed by atoms with Crippen molar-refractivity contribution in [2.24, 2.45) is 0 Å². The zero-order chi connectivity index (χ0) is 10.1. The Bertz CT molecular complexity index is 378. The van der Waals surface area contributed by atoms with Crippen molar-refractivity contribution in [1.29, 1.82) is 0 Å². The van der Waals surface area contributed by atoms with Crippen molar-refractivity contribution in [2.45, 2.75) is 6.29 Å². The van der Waals surface area contributed by atoms with Crippen molar-refractivity contribution in [3.63, 3.8) is 0 Å². The van der Waals surface area contributed by atoms with E-state index in [0.717, 1.165) is 0 Å². The number of hydrogen-bond donors (Lipinski definition) is 2. The third-order valence-electron chi connectivity index (χ3n) is 1.90. The van der Waals surface area contributed by atoms with Crippen molar-refractivity contribution >= 4 is 11.6 Å². The minimum atomic E-state index is -0.906. The molecule has 2 rings (SSSR count). The molecular formula is C9H10N2O3. The van der Waals surface area contributed by atoms with Crippen LogP contribution in [0.5, 0.6) is 11.5 Å². The lowest BCUT2D eigenvalue weighted by Gasteiger charge is -2.06. The predicted octanol–water partition coefficient (Wildman–Crippen LogP) is 0.112. The summed E-state index contributed by atoms with van der Waals surface area (Å²) in [6.07, 6.45) is -0.906. The van der Waals surface area contributed by atoms with Gasteiger partial charge in [-0.25, -0.2) is 0 Å². The molecule has 1 amide bonds. The average molecular weight is 194 g/mol. The number of carbonyl (C=O) groups excluding carboxylic acids is 1. The molecule has 1 aromatic carbocycles. The third kappa shape index (κ3) is 1.32. The lowest BCUT2D eigenvalue weighted by molar-refractivity contribution is -0.136. The first kappa shape index (κ1) is 8.68. The maximum Gasteiger partial charge on any atom is 0.321 e. The van der Waals surface area contributed by atoms with Crippen LogP contribution >= 0.6 is 0 Å². The van der Waals surface area contributed by atoms with Gasteiger partial charge in [0.1, 0.15) is 0 Å². The van der Waals surface area contributed by atoms with Crippen LogP contribution in [0.2, 0.25) is 0 Å². The molecule has 1 aromatic rings. The fourth-order valence-electron chi connectivity index (χ4n) is 1.19. The van der Waals surface area contributed by atoms with Gasteiger partial charge in [0, 0.05) is 18.8 Å². The Labute approximate surface area is 80.8 Å². The summed E-state index contributed by atoms with van der Waals surface area (Å²) in [5, 5.41) is 2.44. The third-order valence-corrected chi connectivity index (χ3v) is 1.90. The molecule has 0 spiro atoms. The van der Waals surface area contributed by atoms with E-state index in [0.29, 0.717) is 17.2 Å². The SMILES string of the molecule is CNC(=O)C1Oc2ccc(N)cc2O1. The smallest absolute Gasteiger partial charge is 0.321 e. The Morgan fingerprint density at radius 2 is 2.14 bits per heavy atom. The highest BCUT2D eigenvalue weighted by Crippen LogP contribution is 2.35. The first-order valence-electron chi connectivity index (χ1n) is 4.15. The van der Waals surface area contributed by atoms with Gasteiger partial charge in [0.05, 0.1) is 0 Å². The summed E-state index contributed by atoms with van der Waals surface area (Å²) < 4.78 is 10.5. The van der Waals surface area contributed by atoms with Crippen LogP contribution in [-0.4, -0.2) is 19.2 Å². The second-order valence-corrected chi connectivity index (χ2v) is 2.89. The van der Waals surface area contributed by atoms with Crippen molar-refractivity contribution < 1.29 is 14.3 Å². The number of hydrogen-bond acceptors (Lipinski definition) is 4. The molecule has 0 bridgehead atoms. The maximum atomic E-state index is 11.2. The summed E-state index contributed by atoms with van der Waals surface area (Å²) in [6.45, 7) is 0. The number of ether oxygens (including phenoxy) is 2. The Balaban J connectivity index is 2.22. The number of nitrogen functional groups attached to an aromatic ring is 1. The maximum absolute atomic E-state index is 11.2. The molecule has 3 N–H and O–H groups in total. The summed E-state index contributed by atoms with van der Waals surface area (Å²) in [7, 11) is 1.52. The second kappa shape index (κ2) is 3.10. The van der Waals surface area contributed by atoms with E-state index in [1.165, 1.54) is 7.05 Å². The van der Waals surface area contributed by atoms with Crippen LogP contribution in [0.3, 0.4) is 0 Å². The Morgan fingerprint density at radius 1 is 1.43 bits per heavy atom. The van der Waals surface area contributed by atoms with E-state index >= 15 is 0 Å². The van der Waals surface area contributed by atoms with Crippen LogP contribution in [0.25, 0.3) is 0 Å². The molecule has 0 saturated carbocycles. The molecule has 1 aliphatic heterocycles. The van der Waals surface area contributed by atoms with Gasteiger partial charge in [0.25, 0.3) is 0 Å². The Kier molecular flexibility index (Phi) is 1.92.